The van der Waals surface area contributed by atoms with E-state index >= 15 is 0 Å². The number of hydrogen-bond donors (Lipinski definition) is 2. The highest BCUT2D eigenvalue weighted by molar-refractivity contribution is 5.84. The first-order valence-electron chi connectivity index (χ1n) is 5.40. The molecule has 1 aromatic heterocycles. The molecule has 3 N–H and O–H groups in total. The molecule has 5 heteroatoms. The van der Waals surface area contributed by atoms with Crippen LogP contribution in [0.4, 0.5) is 0 Å². The molecule has 1 aromatic rings. The standard InChI is InChI=1S/C11H20N4O/c1-8(2)9-14-5-6-15(9)7-11(3,13-4)10(12)16/h5-6,8,13H,7H2,1-4H3,(H2,12,16). The number of rotatable bonds is 5. The van der Waals surface area contributed by atoms with Gasteiger partial charge in [0.1, 0.15) is 11.4 Å². The molecule has 0 bridgehead atoms. The number of amides is 1. The molecule has 0 aliphatic rings. The van der Waals surface area contributed by atoms with Crippen LogP contribution in [0, 0.1) is 0 Å². The maximum Gasteiger partial charge on any atom is 0.239 e. The SMILES string of the molecule is CNC(C)(Cn1ccnc1C(C)C)C(N)=O. The number of carbonyl (C=O) groups excluding carboxylic acids is 1. The third-order valence-electron chi connectivity index (χ3n) is 2.85. The number of imidazole rings is 1. The molecule has 16 heavy (non-hydrogen) atoms. The van der Waals surface area contributed by atoms with Crippen LogP contribution >= 0.6 is 0 Å². The molecule has 0 aliphatic heterocycles. The summed E-state index contributed by atoms with van der Waals surface area (Å²) in [5.74, 6) is 0.921. The Morgan fingerprint density at radius 2 is 2.31 bits per heavy atom. The highest BCUT2D eigenvalue weighted by atomic mass is 16.1. The van der Waals surface area contributed by atoms with E-state index < -0.39 is 5.54 Å². The maximum atomic E-state index is 11.4. The Morgan fingerprint density at radius 3 is 2.75 bits per heavy atom. The zero-order valence-corrected chi connectivity index (χ0v) is 10.3. The van der Waals surface area contributed by atoms with Gasteiger partial charge in [-0.15, -0.1) is 0 Å². The third-order valence-corrected chi connectivity index (χ3v) is 2.85. The van der Waals surface area contributed by atoms with Crippen molar-refractivity contribution in [1.82, 2.24) is 14.9 Å². The smallest absolute Gasteiger partial charge is 0.239 e. The van der Waals surface area contributed by atoms with Crippen LogP contribution < -0.4 is 11.1 Å². The number of primary amides is 1. The van der Waals surface area contributed by atoms with Crippen LogP contribution in [0.25, 0.3) is 0 Å². The molecule has 5 nitrogen and oxygen atoms in total. The summed E-state index contributed by atoms with van der Waals surface area (Å²) in [4.78, 5) is 15.7. The summed E-state index contributed by atoms with van der Waals surface area (Å²) in [7, 11) is 1.73. The zero-order chi connectivity index (χ0) is 12.3. The number of nitrogens with one attached hydrogen (secondary N) is 1. The Morgan fingerprint density at radius 1 is 1.69 bits per heavy atom. The first kappa shape index (κ1) is 12.7. The van der Waals surface area contributed by atoms with Crippen LogP contribution in [0.15, 0.2) is 12.4 Å². The van der Waals surface area contributed by atoms with Gasteiger partial charge in [0.15, 0.2) is 0 Å². The predicted molar refractivity (Wildman–Crippen MR) is 63.0 cm³/mol. The minimum Gasteiger partial charge on any atom is -0.368 e. The Labute approximate surface area is 96.0 Å². The van der Waals surface area contributed by atoms with E-state index in [0.717, 1.165) is 5.82 Å². The Bertz CT molecular complexity index is 372. The maximum absolute atomic E-state index is 11.4. The van der Waals surface area contributed by atoms with Crippen LogP contribution in [0.1, 0.15) is 32.5 Å². The van der Waals surface area contributed by atoms with Gasteiger partial charge < -0.3 is 15.6 Å². The van der Waals surface area contributed by atoms with Gasteiger partial charge in [-0.05, 0) is 14.0 Å². The second-order valence-electron chi connectivity index (χ2n) is 4.51. The normalized spacial score (nSPS) is 15.1. The highest BCUT2D eigenvalue weighted by Gasteiger charge is 2.30. The fourth-order valence-electron chi connectivity index (χ4n) is 1.58. The molecule has 0 aromatic carbocycles. The number of likely N-dealkylation sites (N-methyl/N-ethyl adjacent to an activating group) is 1. The van der Waals surface area contributed by atoms with E-state index in [4.69, 9.17) is 5.73 Å². The van der Waals surface area contributed by atoms with E-state index in [1.54, 1.807) is 20.2 Å². The minimum absolute atomic E-state index is 0.323. The molecule has 1 heterocycles. The summed E-state index contributed by atoms with van der Waals surface area (Å²) in [6.45, 7) is 6.42. The van der Waals surface area contributed by atoms with Crippen molar-refractivity contribution in [2.24, 2.45) is 5.73 Å². The number of aromatic nitrogens is 2. The summed E-state index contributed by atoms with van der Waals surface area (Å²) in [6.07, 6.45) is 3.61. The molecule has 0 spiro atoms. The molecule has 0 fully saturated rings. The fraction of sp³-hybridized carbons (Fsp3) is 0.636. The minimum atomic E-state index is -0.746. The van der Waals surface area contributed by atoms with E-state index in [1.165, 1.54) is 0 Å². The average Bonchev–Trinajstić information content (AvgIpc) is 2.65. The molecule has 0 saturated heterocycles. The predicted octanol–water partition coefficient (Wildman–Crippen LogP) is 0.470. The van der Waals surface area contributed by atoms with Crippen LogP contribution in [0.2, 0.25) is 0 Å². The van der Waals surface area contributed by atoms with Gasteiger partial charge >= 0.3 is 0 Å². The van der Waals surface area contributed by atoms with Crippen molar-refractivity contribution in [3.8, 4) is 0 Å². The van der Waals surface area contributed by atoms with E-state index in [-0.39, 0.29) is 5.91 Å². The Balaban J connectivity index is 2.95. The lowest BCUT2D eigenvalue weighted by molar-refractivity contribution is -0.124. The number of hydrogen-bond acceptors (Lipinski definition) is 3. The van der Waals surface area contributed by atoms with Crippen molar-refractivity contribution in [3.63, 3.8) is 0 Å². The van der Waals surface area contributed by atoms with Crippen molar-refractivity contribution in [2.45, 2.75) is 38.8 Å². The molecule has 1 rings (SSSR count). The van der Waals surface area contributed by atoms with Crippen LogP contribution in [0.5, 0.6) is 0 Å². The summed E-state index contributed by atoms with van der Waals surface area (Å²) >= 11 is 0. The third kappa shape index (κ3) is 2.41. The highest BCUT2D eigenvalue weighted by Crippen LogP contribution is 2.15. The van der Waals surface area contributed by atoms with Gasteiger partial charge in [0.25, 0.3) is 0 Å². The quantitative estimate of drug-likeness (QED) is 0.763. The molecule has 0 radical (unpaired) electrons. The van der Waals surface area contributed by atoms with Crippen molar-refractivity contribution in [1.29, 1.82) is 0 Å². The van der Waals surface area contributed by atoms with Crippen molar-refractivity contribution >= 4 is 5.91 Å². The fourth-order valence-corrected chi connectivity index (χ4v) is 1.58. The van der Waals surface area contributed by atoms with Crippen molar-refractivity contribution in [3.05, 3.63) is 18.2 Å². The van der Waals surface area contributed by atoms with Gasteiger partial charge in [-0.25, -0.2) is 4.98 Å². The van der Waals surface area contributed by atoms with Crippen molar-refractivity contribution in [2.75, 3.05) is 7.05 Å². The van der Waals surface area contributed by atoms with Gasteiger partial charge in [-0.2, -0.15) is 0 Å². The van der Waals surface area contributed by atoms with Crippen LogP contribution in [-0.2, 0) is 11.3 Å². The Hall–Kier alpha value is -1.36. The van der Waals surface area contributed by atoms with Gasteiger partial charge in [-0.3, -0.25) is 4.79 Å². The summed E-state index contributed by atoms with van der Waals surface area (Å²) in [6, 6.07) is 0. The zero-order valence-electron chi connectivity index (χ0n) is 10.3. The Kier molecular flexibility index (Phi) is 3.70. The van der Waals surface area contributed by atoms with Crippen molar-refractivity contribution < 1.29 is 4.79 Å². The van der Waals surface area contributed by atoms with E-state index in [0.29, 0.717) is 12.5 Å². The second-order valence-corrected chi connectivity index (χ2v) is 4.51. The van der Waals surface area contributed by atoms with E-state index in [1.807, 2.05) is 10.8 Å². The van der Waals surface area contributed by atoms with E-state index in [9.17, 15) is 4.79 Å². The molecular formula is C11H20N4O. The van der Waals surface area contributed by atoms with Gasteiger partial charge in [0.2, 0.25) is 5.91 Å². The second kappa shape index (κ2) is 4.65. The molecule has 1 unspecified atom stereocenters. The lowest BCUT2D eigenvalue weighted by Gasteiger charge is -2.27. The largest absolute Gasteiger partial charge is 0.368 e. The average molecular weight is 224 g/mol. The summed E-state index contributed by atoms with van der Waals surface area (Å²) in [5.41, 5.74) is 4.64. The number of nitrogens with two attached hydrogens (primary N) is 1. The molecule has 90 valence electrons. The molecule has 1 amide bonds. The topological polar surface area (TPSA) is 72.9 Å². The lowest BCUT2D eigenvalue weighted by atomic mass is 10.0. The summed E-state index contributed by atoms with van der Waals surface area (Å²) < 4.78 is 1.96. The van der Waals surface area contributed by atoms with Crippen LogP contribution in [-0.4, -0.2) is 28.0 Å². The summed E-state index contributed by atoms with van der Waals surface area (Å²) in [5, 5.41) is 2.96. The van der Waals surface area contributed by atoms with E-state index in [2.05, 4.69) is 24.1 Å². The van der Waals surface area contributed by atoms with Gasteiger partial charge in [0.05, 0.1) is 6.54 Å². The van der Waals surface area contributed by atoms with Crippen LogP contribution in [0.3, 0.4) is 0 Å². The molecule has 1 atom stereocenters. The molecule has 0 aliphatic carbocycles. The lowest BCUT2D eigenvalue weighted by Crippen LogP contribution is -2.54. The first-order chi connectivity index (χ1) is 7.40. The van der Waals surface area contributed by atoms with Gasteiger partial charge in [-0.1, -0.05) is 13.8 Å². The first-order valence-corrected chi connectivity index (χ1v) is 5.40. The van der Waals surface area contributed by atoms with Gasteiger partial charge in [0, 0.05) is 18.3 Å². The number of carbonyl (C=O) groups is 1. The number of nitrogens with zero attached hydrogens (tertiary/aromatic N) is 2. The molecule has 0 saturated carbocycles. The monoisotopic (exact) mass is 224 g/mol. The molecular weight excluding hydrogens is 204 g/mol.